The third-order valence-electron chi connectivity index (χ3n) is 1.83. The topological polar surface area (TPSA) is 20.2 Å². The number of aliphatic hydroxyl groups is 1. The second-order valence-electron chi connectivity index (χ2n) is 2.91. The summed E-state index contributed by atoms with van der Waals surface area (Å²) in [7, 11) is 0. The Balaban J connectivity index is 3.17. The van der Waals surface area contributed by atoms with Gasteiger partial charge in [0.2, 0.25) is 0 Å². The summed E-state index contributed by atoms with van der Waals surface area (Å²) in [5, 5.41) is 8.87. The molecule has 1 aromatic rings. The van der Waals surface area contributed by atoms with Crippen LogP contribution in [0, 0.1) is 0 Å². The highest BCUT2D eigenvalue weighted by atomic mass is 35.5. The molecule has 1 nitrogen and oxygen atoms in total. The predicted molar refractivity (Wildman–Crippen MR) is 52.1 cm³/mol. The third kappa shape index (κ3) is 3.00. The fourth-order valence-electron chi connectivity index (χ4n) is 1.06. The van der Waals surface area contributed by atoms with E-state index in [2.05, 4.69) is 0 Å². The summed E-state index contributed by atoms with van der Waals surface area (Å²) < 4.78 is 37.2. The van der Waals surface area contributed by atoms with Crippen molar-refractivity contribution in [3.63, 3.8) is 0 Å². The second-order valence-corrected chi connectivity index (χ2v) is 3.62. The summed E-state index contributed by atoms with van der Waals surface area (Å²) in [6.07, 6.45) is -5.65. The predicted octanol–water partition coefficient (Wildman–Crippen LogP) is 3.63. The summed E-state index contributed by atoms with van der Waals surface area (Å²) >= 11 is 10.7. The smallest absolute Gasteiger partial charge is 0.387 e. The summed E-state index contributed by atoms with van der Waals surface area (Å²) in [5.74, 6) is -0.168. The van der Waals surface area contributed by atoms with E-state index < -0.39 is 22.9 Å². The number of hydrogen-bond donors (Lipinski definition) is 1. The van der Waals surface area contributed by atoms with Crippen LogP contribution in [0.1, 0.15) is 17.2 Å². The van der Waals surface area contributed by atoms with Gasteiger partial charge >= 0.3 is 6.18 Å². The van der Waals surface area contributed by atoms with Crippen LogP contribution >= 0.6 is 23.2 Å². The molecule has 0 aromatic heterocycles. The molecule has 6 heteroatoms. The number of rotatable bonds is 2. The number of alkyl halides is 4. The van der Waals surface area contributed by atoms with Crippen molar-refractivity contribution in [1.82, 2.24) is 0 Å². The molecule has 0 fully saturated rings. The van der Waals surface area contributed by atoms with Crippen molar-refractivity contribution in [2.45, 2.75) is 12.3 Å². The minimum atomic E-state index is -4.53. The van der Waals surface area contributed by atoms with Gasteiger partial charge in [0.05, 0.1) is 22.6 Å². The molecule has 0 amide bonds. The van der Waals surface area contributed by atoms with E-state index in [0.29, 0.717) is 0 Å². The molecular formula is C9H7Cl2F3O. The lowest BCUT2D eigenvalue weighted by Gasteiger charge is -2.13. The van der Waals surface area contributed by atoms with Crippen molar-refractivity contribution in [2.75, 3.05) is 5.88 Å². The van der Waals surface area contributed by atoms with E-state index in [9.17, 15) is 18.3 Å². The highest BCUT2D eigenvalue weighted by Gasteiger charge is 2.33. The van der Waals surface area contributed by atoms with Crippen molar-refractivity contribution in [2.24, 2.45) is 0 Å². The normalized spacial score (nSPS) is 14.0. The van der Waals surface area contributed by atoms with Crippen LogP contribution in [-0.2, 0) is 6.18 Å². The maximum atomic E-state index is 12.4. The monoisotopic (exact) mass is 258 g/mol. The highest BCUT2D eigenvalue weighted by molar-refractivity contribution is 6.31. The molecule has 0 bridgehead atoms. The first-order valence-electron chi connectivity index (χ1n) is 3.97. The van der Waals surface area contributed by atoms with Gasteiger partial charge in [-0.3, -0.25) is 0 Å². The van der Waals surface area contributed by atoms with Gasteiger partial charge in [0.1, 0.15) is 0 Å². The molecule has 15 heavy (non-hydrogen) atoms. The van der Waals surface area contributed by atoms with Crippen LogP contribution < -0.4 is 0 Å². The Bertz CT molecular complexity index is 352. The first kappa shape index (κ1) is 12.6. The van der Waals surface area contributed by atoms with Gasteiger partial charge in [0, 0.05) is 0 Å². The maximum absolute atomic E-state index is 12.4. The number of aliphatic hydroxyl groups excluding tert-OH is 1. The molecule has 0 saturated heterocycles. The van der Waals surface area contributed by atoms with E-state index in [-0.39, 0.29) is 11.4 Å². The summed E-state index contributed by atoms with van der Waals surface area (Å²) in [6.45, 7) is 0. The lowest BCUT2D eigenvalue weighted by molar-refractivity contribution is -0.137. The first-order chi connectivity index (χ1) is 6.86. The quantitative estimate of drug-likeness (QED) is 0.804. The third-order valence-corrected chi connectivity index (χ3v) is 2.45. The van der Waals surface area contributed by atoms with Crippen LogP contribution in [0.5, 0.6) is 0 Å². The zero-order valence-corrected chi connectivity index (χ0v) is 8.87. The van der Waals surface area contributed by atoms with E-state index in [1.54, 1.807) is 0 Å². The molecule has 0 aliphatic carbocycles. The van der Waals surface area contributed by atoms with E-state index in [1.165, 1.54) is 6.07 Å². The van der Waals surface area contributed by atoms with Crippen LogP contribution in [0.2, 0.25) is 5.02 Å². The number of hydrogen-bond acceptors (Lipinski definition) is 1. The van der Waals surface area contributed by atoms with Gasteiger partial charge in [-0.1, -0.05) is 17.7 Å². The zero-order valence-electron chi connectivity index (χ0n) is 7.35. The molecule has 0 aliphatic heterocycles. The fourth-order valence-corrected chi connectivity index (χ4v) is 1.46. The maximum Gasteiger partial charge on any atom is 0.417 e. The lowest BCUT2D eigenvalue weighted by atomic mass is 10.1. The van der Waals surface area contributed by atoms with Crippen LogP contribution in [-0.4, -0.2) is 11.0 Å². The van der Waals surface area contributed by atoms with Crippen LogP contribution in [0.4, 0.5) is 13.2 Å². The van der Waals surface area contributed by atoms with Gasteiger partial charge in [-0.2, -0.15) is 13.2 Å². The molecule has 1 unspecified atom stereocenters. The van der Waals surface area contributed by atoms with Gasteiger partial charge in [-0.25, -0.2) is 0 Å². The van der Waals surface area contributed by atoms with Gasteiger partial charge in [-0.05, 0) is 17.7 Å². The average Bonchev–Trinajstić information content (AvgIpc) is 2.15. The van der Waals surface area contributed by atoms with Gasteiger partial charge < -0.3 is 5.11 Å². The molecule has 0 saturated carbocycles. The fraction of sp³-hybridized carbons (Fsp3) is 0.333. The minimum absolute atomic E-state index is 0.0988. The van der Waals surface area contributed by atoms with Crippen LogP contribution in [0.15, 0.2) is 18.2 Å². The Morgan fingerprint density at radius 2 is 1.93 bits per heavy atom. The average molecular weight is 259 g/mol. The Kier molecular flexibility index (Phi) is 3.87. The first-order valence-corrected chi connectivity index (χ1v) is 4.88. The minimum Gasteiger partial charge on any atom is -0.387 e. The van der Waals surface area contributed by atoms with Gasteiger partial charge in [-0.15, -0.1) is 11.6 Å². The molecule has 0 aliphatic rings. The molecule has 1 atom stereocenters. The summed E-state index contributed by atoms with van der Waals surface area (Å²) in [4.78, 5) is 0. The molecular weight excluding hydrogens is 252 g/mol. The molecule has 1 rings (SSSR count). The molecule has 84 valence electrons. The Morgan fingerprint density at radius 1 is 1.33 bits per heavy atom. The van der Waals surface area contributed by atoms with Crippen molar-refractivity contribution in [3.05, 3.63) is 34.3 Å². The van der Waals surface area contributed by atoms with Crippen molar-refractivity contribution in [3.8, 4) is 0 Å². The molecule has 1 N–H and O–H groups in total. The molecule has 0 heterocycles. The molecule has 0 spiro atoms. The lowest BCUT2D eigenvalue weighted by Crippen LogP contribution is -2.08. The van der Waals surface area contributed by atoms with Crippen LogP contribution in [0.3, 0.4) is 0 Å². The summed E-state index contributed by atoms with van der Waals surface area (Å²) in [5.41, 5.74) is -0.868. The molecule has 1 aromatic carbocycles. The van der Waals surface area contributed by atoms with Crippen molar-refractivity contribution in [1.29, 1.82) is 0 Å². The van der Waals surface area contributed by atoms with E-state index in [4.69, 9.17) is 23.2 Å². The van der Waals surface area contributed by atoms with Gasteiger partial charge in [0.15, 0.2) is 0 Å². The standard InChI is InChI=1S/C9H7Cl2F3O/c10-4-8(15)5-1-2-7(11)6(3-5)9(12,13)14/h1-3,8,15H,4H2. The largest absolute Gasteiger partial charge is 0.417 e. The second kappa shape index (κ2) is 4.60. The Labute approximate surface area is 94.4 Å². The Hall–Kier alpha value is -0.450. The number of benzene rings is 1. The summed E-state index contributed by atoms with van der Waals surface area (Å²) in [6, 6.07) is 3.20. The SMILES string of the molecule is OC(CCl)c1ccc(Cl)c(C(F)(F)F)c1. The van der Waals surface area contributed by atoms with E-state index in [0.717, 1.165) is 12.1 Å². The Morgan fingerprint density at radius 3 is 2.40 bits per heavy atom. The van der Waals surface area contributed by atoms with Crippen LogP contribution in [0.25, 0.3) is 0 Å². The number of halogens is 5. The van der Waals surface area contributed by atoms with E-state index >= 15 is 0 Å². The highest BCUT2D eigenvalue weighted by Crippen LogP contribution is 2.36. The zero-order chi connectivity index (χ0) is 11.6. The van der Waals surface area contributed by atoms with Crippen molar-refractivity contribution >= 4 is 23.2 Å². The molecule has 0 radical (unpaired) electrons. The van der Waals surface area contributed by atoms with Gasteiger partial charge in [0.25, 0.3) is 0 Å². The van der Waals surface area contributed by atoms with E-state index in [1.807, 2.05) is 0 Å². The van der Waals surface area contributed by atoms with Crippen molar-refractivity contribution < 1.29 is 18.3 Å².